The fourth-order valence-corrected chi connectivity index (χ4v) is 8.06. The fraction of sp³-hybridized carbons (Fsp3) is 0. The SMILES string of the molecule is c1ccc(-c2cccc(-c3nc(-n4c5ccccc5c5c6ccccc6c6c7cc(-c8ccccc8)ccc7oc6c54)nc4ccccc34)c2)cc1. The lowest BCUT2D eigenvalue weighted by Crippen LogP contribution is -2.03. The molecular formula is C48H29N3O. The summed E-state index contributed by atoms with van der Waals surface area (Å²) < 4.78 is 9.17. The molecule has 0 bridgehead atoms. The first-order chi connectivity index (χ1) is 25.8. The van der Waals surface area contributed by atoms with E-state index in [4.69, 9.17) is 14.4 Å². The Kier molecular flexibility index (Phi) is 6.22. The summed E-state index contributed by atoms with van der Waals surface area (Å²) in [7, 11) is 0. The topological polar surface area (TPSA) is 43.9 Å². The Morgan fingerprint density at radius 1 is 0.404 bits per heavy atom. The highest BCUT2D eigenvalue weighted by Crippen LogP contribution is 2.46. The molecule has 0 unspecified atom stereocenters. The largest absolute Gasteiger partial charge is 0.454 e. The molecule has 11 aromatic rings. The Morgan fingerprint density at radius 3 is 1.77 bits per heavy atom. The second-order valence-electron chi connectivity index (χ2n) is 13.3. The summed E-state index contributed by atoms with van der Waals surface area (Å²) in [5.41, 5.74) is 11.1. The summed E-state index contributed by atoms with van der Waals surface area (Å²) in [5.74, 6) is 0.604. The second-order valence-corrected chi connectivity index (χ2v) is 13.3. The van der Waals surface area contributed by atoms with Crippen LogP contribution >= 0.6 is 0 Å². The van der Waals surface area contributed by atoms with E-state index in [0.717, 1.165) is 82.4 Å². The van der Waals surface area contributed by atoms with Gasteiger partial charge in [-0.05, 0) is 63.4 Å². The molecule has 0 spiro atoms. The van der Waals surface area contributed by atoms with Crippen molar-refractivity contribution in [3.05, 3.63) is 176 Å². The number of fused-ring (bicyclic) bond motifs is 11. The summed E-state index contributed by atoms with van der Waals surface area (Å²) in [4.78, 5) is 10.7. The van der Waals surface area contributed by atoms with E-state index in [1.165, 1.54) is 16.5 Å². The van der Waals surface area contributed by atoms with Crippen molar-refractivity contribution < 1.29 is 4.42 Å². The highest BCUT2D eigenvalue weighted by Gasteiger charge is 2.25. The summed E-state index contributed by atoms with van der Waals surface area (Å²) in [6, 6.07) is 61.8. The third-order valence-electron chi connectivity index (χ3n) is 10.4. The number of nitrogens with zero attached hydrogens (tertiary/aromatic N) is 3. The Balaban J connectivity index is 1.26. The predicted octanol–water partition coefficient (Wildman–Crippen LogP) is 12.8. The van der Waals surface area contributed by atoms with Crippen LogP contribution in [0, 0.1) is 0 Å². The maximum atomic E-state index is 6.95. The molecule has 0 aliphatic heterocycles. The average molecular weight is 664 g/mol. The molecule has 0 amide bonds. The van der Waals surface area contributed by atoms with Crippen molar-refractivity contribution in [3.63, 3.8) is 0 Å². The highest BCUT2D eigenvalue weighted by molar-refractivity contribution is 6.35. The van der Waals surface area contributed by atoms with Crippen molar-refractivity contribution in [3.8, 4) is 39.5 Å². The van der Waals surface area contributed by atoms with Crippen molar-refractivity contribution in [2.75, 3.05) is 0 Å². The van der Waals surface area contributed by atoms with Gasteiger partial charge in [0.25, 0.3) is 0 Å². The Morgan fingerprint density at radius 2 is 1.00 bits per heavy atom. The van der Waals surface area contributed by atoms with Gasteiger partial charge in [-0.3, -0.25) is 4.57 Å². The Hall–Kier alpha value is -7.04. The first-order valence-corrected chi connectivity index (χ1v) is 17.6. The summed E-state index contributed by atoms with van der Waals surface area (Å²) in [5, 5.41) is 7.78. The molecule has 3 heterocycles. The van der Waals surface area contributed by atoms with Gasteiger partial charge < -0.3 is 4.42 Å². The van der Waals surface area contributed by atoms with Crippen LogP contribution in [0.25, 0.3) is 105 Å². The zero-order valence-electron chi connectivity index (χ0n) is 28.0. The van der Waals surface area contributed by atoms with E-state index in [1.54, 1.807) is 0 Å². The molecule has 0 saturated heterocycles. The molecule has 0 saturated carbocycles. The van der Waals surface area contributed by atoms with Crippen LogP contribution in [0.2, 0.25) is 0 Å². The van der Waals surface area contributed by atoms with Gasteiger partial charge in [0.2, 0.25) is 5.95 Å². The van der Waals surface area contributed by atoms with E-state index >= 15 is 0 Å². The zero-order chi connectivity index (χ0) is 34.2. The molecule has 4 heteroatoms. The maximum absolute atomic E-state index is 6.95. The van der Waals surface area contributed by atoms with Gasteiger partial charge in [-0.2, -0.15) is 0 Å². The van der Waals surface area contributed by atoms with Gasteiger partial charge in [-0.15, -0.1) is 0 Å². The smallest absolute Gasteiger partial charge is 0.235 e. The molecular weight excluding hydrogens is 635 g/mol. The Labute approximate surface area is 298 Å². The minimum Gasteiger partial charge on any atom is -0.454 e. The van der Waals surface area contributed by atoms with Gasteiger partial charge >= 0.3 is 0 Å². The van der Waals surface area contributed by atoms with Crippen LogP contribution in [0.3, 0.4) is 0 Å². The summed E-state index contributed by atoms with van der Waals surface area (Å²) in [6.07, 6.45) is 0. The Bertz CT molecular complexity index is 3180. The van der Waals surface area contributed by atoms with Gasteiger partial charge in [0.15, 0.2) is 5.58 Å². The van der Waals surface area contributed by atoms with E-state index in [0.29, 0.717) is 5.95 Å². The predicted molar refractivity (Wildman–Crippen MR) is 215 cm³/mol. The quantitative estimate of drug-likeness (QED) is 0.188. The summed E-state index contributed by atoms with van der Waals surface area (Å²) in [6.45, 7) is 0. The normalized spacial score (nSPS) is 11.8. The first-order valence-electron chi connectivity index (χ1n) is 17.6. The molecule has 0 atom stereocenters. The molecule has 0 aliphatic rings. The average Bonchev–Trinajstić information content (AvgIpc) is 3.78. The monoisotopic (exact) mass is 663 g/mol. The molecule has 8 aromatic carbocycles. The van der Waals surface area contributed by atoms with Gasteiger partial charge in [0, 0.05) is 32.5 Å². The number of furan rings is 1. The lowest BCUT2D eigenvalue weighted by Gasteiger charge is -2.13. The van der Waals surface area contributed by atoms with E-state index in [2.05, 4.69) is 168 Å². The van der Waals surface area contributed by atoms with E-state index < -0.39 is 0 Å². The number of benzene rings is 8. The third-order valence-corrected chi connectivity index (χ3v) is 10.4. The van der Waals surface area contributed by atoms with Gasteiger partial charge in [0.1, 0.15) is 11.1 Å². The number of hydrogen-bond acceptors (Lipinski definition) is 3. The molecule has 52 heavy (non-hydrogen) atoms. The van der Waals surface area contributed by atoms with Crippen molar-refractivity contribution in [2.45, 2.75) is 0 Å². The van der Waals surface area contributed by atoms with Gasteiger partial charge in [-0.1, -0.05) is 146 Å². The number of rotatable bonds is 4. The van der Waals surface area contributed by atoms with E-state index in [1.807, 2.05) is 12.1 Å². The van der Waals surface area contributed by atoms with Crippen molar-refractivity contribution >= 4 is 65.4 Å². The first kappa shape index (κ1) is 28.8. The zero-order valence-corrected chi connectivity index (χ0v) is 28.0. The van der Waals surface area contributed by atoms with Crippen LogP contribution in [-0.4, -0.2) is 14.5 Å². The van der Waals surface area contributed by atoms with Crippen LogP contribution in [-0.2, 0) is 0 Å². The van der Waals surface area contributed by atoms with Gasteiger partial charge in [-0.25, -0.2) is 9.97 Å². The number of aromatic nitrogens is 3. The molecule has 4 nitrogen and oxygen atoms in total. The standard InChI is InChI=1S/C48H29N3O/c1-3-14-30(15-4-1)32-18-13-19-34(28-32)45-37-22-9-11-24-40(37)49-48(50-45)51-41-25-12-10-23-38(41)43-35-20-7-8-21-36(35)44-39-29-33(31-16-5-2-6-17-31)26-27-42(39)52-47(44)46(43)51/h1-29H. The van der Waals surface area contributed by atoms with Crippen LogP contribution in [0.1, 0.15) is 0 Å². The third kappa shape index (κ3) is 4.28. The molecule has 242 valence electrons. The lowest BCUT2D eigenvalue weighted by molar-refractivity contribution is 0.671. The highest BCUT2D eigenvalue weighted by atomic mass is 16.3. The lowest BCUT2D eigenvalue weighted by atomic mass is 9.97. The molecule has 3 aromatic heterocycles. The van der Waals surface area contributed by atoms with Crippen molar-refractivity contribution in [2.24, 2.45) is 0 Å². The number of para-hydroxylation sites is 2. The molecule has 0 N–H and O–H groups in total. The minimum absolute atomic E-state index is 0.604. The van der Waals surface area contributed by atoms with Crippen LogP contribution in [0.4, 0.5) is 0 Å². The molecule has 0 aliphatic carbocycles. The number of hydrogen-bond donors (Lipinski definition) is 0. The molecule has 0 radical (unpaired) electrons. The fourth-order valence-electron chi connectivity index (χ4n) is 8.06. The summed E-state index contributed by atoms with van der Waals surface area (Å²) >= 11 is 0. The van der Waals surface area contributed by atoms with E-state index in [9.17, 15) is 0 Å². The van der Waals surface area contributed by atoms with Gasteiger partial charge in [0.05, 0.1) is 16.7 Å². The molecule has 0 fully saturated rings. The van der Waals surface area contributed by atoms with Crippen LogP contribution in [0.5, 0.6) is 0 Å². The van der Waals surface area contributed by atoms with Crippen LogP contribution in [0.15, 0.2) is 180 Å². The second kappa shape index (κ2) is 11.2. The maximum Gasteiger partial charge on any atom is 0.235 e. The molecule has 11 rings (SSSR count). The van der Waals surface area contributed by atoms with E-state index in [-0.39, 0.29) is 0 Å². The minimum atomic E-state index is 0.604. The van der Waals surface area contributed by atoms with Crippen molar-refractivity contribution in [1.29, 1.82) is 0 Å². The van der Waals surface area contributed by atoms with Crippen LogP contribution < -0.4 is 0 Å². The van der Waals surface area contributed by atoms with Crippen molar-refractivity contribution in [1.82, 2.24) is 14.5 Å².